The quantitative estimate of drug-likeness (QED) is 0.651. The van der Waals surface area contributed by atoms with E-state index in [1.54, 1.807) is 11.3 Å². The predicted molar refractivity (Wildman–Crippen MR) is 128 cm³/mol. The number of nitrogens with zero attached hydrogens (tertiary/aromatic N) is 4. The van der Waals surface area contributed by atoms with Crippen LogP contribution >= 0.6 is 11.3 Å². The van der Waals surface area contributed by atoms with Gasteiger partial charge in [0.05, 0.1) is 11.4 Å². The van der Waals surface area contributed by atoms with E-state index in [4.69, 9.17) is 4.52 Å². The third kappa shape index (κ3) is 4.40. The summed E-state index contributed by atoms with van der Waals surface area (Å²) < 4.78 is 5.41. The molecule has 34 heavy (non-hydrogen) atoms. The fourth-order valence-corrected chi connectivity index (χ4v) is 7.84. The summed E-state index contributed by atoms with van der Waals surface area (Å²) >= 11 is 1.59. The standard InChI is InChI=1S/C25H33N5O3S/c31-22(3-4-26-24(32)25-13-17-10-18(14-25)12-19(11-17)15-25)30-7-5-29(6-8-30)16-21-27-23(28-33-21)20-2-1-9-34-20/h1-2,9,17-19H,3-8,10-16H2,(H,26,32). The molecule has 0 radical (unpaired) electrons. The Labute approximate surface area is 204 Å². The van der Waals surface area contributed by atoms with Crippen LogP contribution in [-0.4, -0.2) is 64.5 Å². The first-order chi connectivity index (χ1) is 16.6. The van der Waals surface area contributed by atoms with Gasteiger partial charge in [0.15, 0.2) is 0 Å². The van der Waals surface area contributed by atoms with Gasteiger partial charge in [0, 0.05) is 44.6 Å². The lowest BCUT2D eigenvalue weighted by Gasteiger charge is -2.55. The van der Waals surface area contributed by atoms with Crippen molar-refractivity contribution in [2.24, 2.45) is 23.2 Å². The Morgan fingerprint density at radius 2 is 1.79 bits per heavy atom. The number of carbonyl (C=O) groups excluding carboxylic acids is 2. The van der Waals surface area contributed by atoms with E-state index < -0.39 is 0 Å². The molecule has 8 nitrogen and oxygen atoms in total. The van der Waals surface area contributed by atoms with Crippen LogP contribution in [0.1, 0.15) is 50.8 Å². The molecule has 4 aliphatic carbocycles. The minimum Gasteiger partial charge on any atom is -0.355 e. The molecule has 5 aliphatic rings. The number of aromatic nitrogens is 2. The largest absolute Gasteiger partial charge is 0.355 e. The Bertz CT molecular complexity index is 992. The average molecular weight is 484 g/mol. The second-order valence-corrected chi connectivity index (χ2v) is 11.8. The summed E-state index contributed by atoms with van der Waals surface area (Å²) in [4.78, 5) is 35.5. The molecule has 0 unspecified atom stereocenters. The second-order valence-electron chi connectivity index (χ2n) is 10.8. The van der Waals surface area contributed by atoms with E-state index in [0.29, 0.717) is 44.3 Å². The number of thiophene rings is 1. The summed E-state index contributed by atoms with van der Waals surface area (Å²) in [5.41, 5.74) is -0.137. The van der Waals surface area contributed by atoms with Crippen LogP contribution in [0.4, 0.5) is 0 Å². The number of hydrogen-bond acceptors (Lipinski definition) is 7. The summed E-state index contributed by atoms with van der Waals surface area (Å²) in [6.07, 6.45) is 7.57. The minimum absolute atomic E-state index is 0.128. The zero-order valence-corrected chi connectivity index (χ0v) is 20.4. The van der Waals surface area contributed by atoms with Gasteiger partial charge in [0.25, 0.3) is 0 Å². The number of amides is 2. The fourth-order valence-electron chi connectivity index (χ4n) is 7.19. The predicted octanol–water partition coefficient (Wildman–Crippen LogP) is 3.17. The Hall–Kier alpha value is -2.26. The summed E-state index contributed by atoms with van der Waals surface area (Å²) in [6, 6.07) is 3.95. The Kier molecular flexibility index (Phi) is 5.93. The number of piperazine rings is 1. The third-order valence-electron chi connectivity index (χ3n) is 8.44. The summed E-state index contributed by atoms with van der Waals surface area (Å²) in [5.74, 6) is 3.84. The molecule has 4 bridgehead atoms. The van der Waals surface area contributed by atoms with E-state index in [-0.39, 0.29) is 17.2 Å². The Morgan fingerprint density at radius 3 is 2.44 bits per heavy atom. The van der Waals surface area contributed by atoms with Crippen molar-refractivity contribution < 1.29 is 14.1 Å². The third-order valence-corrected chi connectivity index (χ3v) is 9.30. The number of nitrogens with one attached hydrogen (secondary N) is 1. The molecule has 3 heterocycles. The van der Waals surface area contributed by atoms with Crippen LogP contribution in [0.3, 0.4) is 0 Å². The highest BCUT2D eigenvalue weighted by molar-refractivity contribution is 7.13. The molecule has 182 valence electrons. The molecule has 0 spiro atoms. The molecule has 1 saturated heterocycles. The van der Waals surface area contributed by atoms with Gasteiger partial charge in [-0.25, -0.2) is 0 Å². The molecule has 0 aromatic carbocycles. The molecule has 2 amide bonds. The van der Waals surface area contributed by atoms with Gasteiger partial charge >= 0.3 is 0 Å². The molecule has 5 fully saturated rings. The summed E-state index contributed by atoms with van der Waals surface area (Å²) in [5, 5.41) is 9.21. The van der Waals surface area contributed by atoms with Crippen LogP contribution in [0.25, 0.3) is 10.7 Å². The van der Waals surface area contributed by atoms with Crippen LogP contribution < -0.4 is 5.32 Å². The van der Waals surface area contributed by atoms with Crippen LogP contribution in [0.15, 0.2) is 22.0 Å². The summed E-state index contributed by atoms with van der Waals surface area (Å²) in [7, 11) is 0. The maximum atomic E-state index is 13.1. The van der Waals surface area contributed by atoms with Gasteiger partial charge < -0.3 is 14.7 Å². The van der Waals surface area contributed by atoms with Crippen LogP contribution in [0, 0.1) is 23.2 Å². The first kappa shape index (κ1) is 22.2. The molecule has 2 aromatic heterocycles. The van der Waals surface area contributed by atoms with Gasteiger partial charge in [-0.05, 0) is 67.7 Å². The van der Waals surface area contributed by atoms with Crippen molar-refractivity contribution in [1.29, 1.82) is 0 Å². The number of hydrogen-bond donors (Lipinski definition) is 1. The molecular weight excluding hydrogens is 450 g/mol. The highest BCUT2D eigenvalue weighted by Gasteiger charge is 2.54. The Morgan fingerprint density at radius 1 is 1.09 bits per heavy atom. The molecule has 7 rings (SSSR count). The molecule has 2 aromatic rings. The lowest BCUT2D eigenvalue weighted by molar-refractivity contribution is -0.146. The van der Waals surface area contributed by atoms with Crippen molar-refractivity contribution in [1.82, 2.24) is 25.3 Å². The van der Waals surface area contributed by atoms with Crippen molar-refractivity contribution in [3.63, 3.8) is 0 Å². The molecule has 1 aliphatic heterocycles. The van der Waals surface area contributed by atoms with Gasteiger partial charge in [0.1, 0.15) is 0 Å². The van der Waals surface area contributed by atoms with Crippen molar-refractivity contribution in [3.05, 3.63) is 23.4 Å². The average Bonchev–Trinajstić information content (AvgIpc) is 3.51. The monoisotopic (exact) mass is 483 g/mol. The molecular formula is C25H33N5O3S. The van der Waals surface area contributed by atoms with Gasteiger partial charge in [-0.2, -0.15) is 4.98 Å². The van der Waals surface area contributed by atoms with E-state index in [1.165, 1.54) is 19.3 Å². The van der Waals surface area contributed by atoms with Crippen molar-refractivity contribution in [3.8, 4) is 10.7 Å². The highest BCUT2D eigenvalue weighted by Crippen LogP contribution is 2.60. The van der Waals surface area contributed by atoms with Crippen LogP contribution in [-0.2, 0) is 16.1 Å². The fraction of sp³-hybridized carbons (Fsp3) is 0.680. The molecule has 9 heteroatoms. The maximum absolute atomic E-state index is 13.1. The van der Waals surface area contributed by atoms with Gasteiger partial charge in [-0.3, -0.25) is 14.5 Å². The first-order valence-electron chi connectivity index (χ1n) is 12.7. The van der Waals surface area contributed by atoms with Crippen LogP contribution in [0.5, 0.6) is 0 Å². The van der Waals surface area contributed by atoms with Gasteiger partial charge in [-0.15, -0.1) is 11.3 Å². The van der Waals surface area contributed by atoms with E-state index in [0.717, 1.165) is 55.0 Å². The van der Waals surface area contributed by atoms with E-state index in [9.17, 15) is 9.59 Å². The molecule has 0 atom stereocenters. The first-order valence-corrected chi connectivity index (χ1v) is 13.6. The summed E-state index contributed by atoms with van der Waals surface area (Å²) in [6.45, 7) is 3.99. The smallest absolute Gasteiger partial charge is 0.241 e. The lowest BCUT2D eigenvalue weighted by atomic mass is 9.49. The Balaban J connectivity index is 0.933. The number of carbonyl (C=O) groups is 2. The van der Waals surface area contributed by atoms with Crippen molar-refractivity contribution in [2.45, 2.75) is 51.5 Å². The zero-order chi connectivity index (χ0) is 23.1. The van der Waals surface area contributed by atoms with Crippen molar-refractivity contribution in [2.75, 3.05) is 32.7 Å². The van der Waals surface area contributed by atoms with E-state index in [2.05, 4.69) is 20.4 Å². The minimum atomic E-state index is -0.137. The number of rotatable bonds is 7. The van der Waals surface area contributed by atoms with Gasteiger partial charge in [-0.1, -0.05) is 11.2 Å². The highest BCUT2D eigenvalue weighted by atomic mass is 32.1. The van der Waals surface area contributed by atoms with Gasteiger partial charge in [0.2, 0.25) is 23.5 Å². The molecule has 1 N–H and O–H groups in total. The van der Waals surface area contributed by atoms with E-state index in [1.807, 2.05) is 22.4 Å². The zero-order valence-electron chi connectivity index (χ0n) is 19.6. The van der Waals surface area contributed by atoms with E-state index >= 15 is 0 Å². The molecule has 4 saturated carbocycles. The topological polar surface area (TPSA) is 91.6 Å². The van der Waals surface area contributed by atoms with Crippen molar-refractivity contribution >= 4 is 23.2 Å². The lowest BCUT2D eigenvalue weighted by Crippen LogP contribution is -2.54. The van der Waals surface area contributed by atoms with Crippen LogP contribution in [0.2, 0.25) is 0 Å². The second kappa shape index (κ2) is 9.07. The SMILES string of the molecule is O=C(CCNC(=O)C12CC3CC(CC(C3)C1)C2)N1CCN(Cc2nc(-c3cccs3)no2)CC1. The maximum Gasteiger partial charge on any atom is 0.241 e. The normalized spacial score (nSPS) is 30.6.